The number of aromatic hydroxyl groups is 1. The minimum atomic E-state index is -0.855. The molecular weight excluding hydrogens is 254 g/mol. The fraction of sp³-hybridized carbons (Fsp3) is 0.417. The van der Waals surface area contributed by atoms with E-state index in [1.807, 2.05) is 0 Å². The summed E-state index contributed by atoms with van der Waals surface area (Å²) in [5.74, 6) is 0.270. The fourth-order valence-corrected chi connectivity index (χ4v) is 1.99. The summed E-state index contributed by atoms with van der Waals surface area (Å²) in [5.41, 5.74) is 0.173. The highest BCUT2D eigenvalue weighted by Crippen LogP contribution is 2.28. The molecule has 1 atom stereocenters. The zero-order valence-corrected chi connectivity index (χ0v) is 11.3. The van der Waals surface area contributed by atoms with Gasteiger partial charge >= 0.3 is 0 Å². The molecule has 0 spiro atoms. The summed E-state index contributed by atoms with van der Waals surface area (Å²) in [5, 5.41) is 12.4. The Hall–Kier alpha value is -1.56. The van der Waals surface area contributed by atoms with Gasteiger partial charge in [-0.25, -0.2) is 0 Å². The molecule has 0 radical (unpaired) electrons. The summed E-state index contributed by atoms with van der Waals surface area (Å²) >= 11 is 0. The van der Waals surface area contributed by atoms with Gasteiger partial charge in [-0.2, -0.15) is 0 Å². The van der Waals surface area contributed by atoms with Crippen molar-refractivity contribution < 1.29 is 18.8 Å². The van der Waals surface area contributed by atoms with E-state index in [-0.39, 0.29) is 23.0 Å². The SMILES string of the molecule is COc1cccc(C(=O)NCCCS(C)=O)c1O. The molecule has 0 heterocycles. The van der Waals surface area contributed by atoms with Crippen LogP contribution in [0.5, 0.6) is 11.5 Å². The second kappa shape index (κ2) is 7.00. The summed E-state index contributed by atoms with van der Waals surface area (Å²) in [6, 6.07) is 4.73. The van der Waals surface area contributed by atoms with E-state index in [9.17, 15) is 14.1 Å². The Labute approximate surface area is 109 Å². The molecule has 1 aromatic carbocycles. The Morgan fingerprint density at radius 2 is 2.22 bits per heavy atom. The number of hydrogen-bond donors (Lipinski definition) is 2. The first-order chi connectivity index (χ1) is 8.56. The minimum absolute atomic E-state index is 0.170. The third-order valence-electron chi connectivity index (χ3n) is 2.36. The lowest BCUT2D eigenvalue weighted by Crippen LogP contribution is -2.25. The molecule has 5 nitrogen and oxygen atoms in total. The van der Waals surface area contributed by atoms with E-state index in [2.05, 4.69) is 5.32 Å². The van der Waals surface area contributed by atoms with Crippen molar-refractivity contribution in [2.75, 3.05) is 25.7 Å². The van der Waals surface area contributed by atoms with Crippen molar-refractivity contribution in [3.63, 3.8) is 0 Å². The maximum absolute atomic E-state index is 11.8. The fourth-order valence-electron chi connectivity index (χ4n) is 1.44. The van der Waals surface area contributed by atoms with Crippen molar-refractivity contribution in [3.05, 3.63) is 23.8 Å². The van der Waals surface area contributed by atoms with Crippen molar-refractivity contribution in [3.8, 4) is 11.5 Å². The lowest BCUT2D eigenvalue weighted by atomic mass is 10.1. The number of phenolic OH excluding ortho intramolecular Hbond substituents is 1. The van der Waals surface area contributed by atoms with Gasteiger partial charge in [0.15, 0.2) is 11.5 Å². The van der Waals surface area contributed by atoms with Crippen molar-refractivity contribution >= 4 is 16.7 Å². The highest BCUT2D eigenvalue weighted by molar-refractivity contribution is 7.84. The van der Waals surface area contributed by atoms with Crippen LogP contribution in [0.1, 0.15) is 16.8 Å². The Bertz CT molecular complexity index is 448. The molecule has 0 saturated carbocycles. The molecule has 6 heteroatoms. The number of ether oxygens (including phenoxy) is 1. The molecule has 0 saturated heterocycles. The molecule has 0 aromatic heterocycles. The van der Waals surface area contributed by atoms with Crippen LogP contribution < -0.4 is 10.1 Å². The number of methoxy groups -OCH3 is 1. The molecule has 0 aliphatic heterocycles. The second-order valence-electron chi connectivity index (χ2n) is 3.74. The van der Waals surface area contributed by atoms with Gasteiger partial charge in [-0.05, 0) is 18.6 Å². The average molecular weight is 271 g/mol. The van der Waals surface area contributed by atoms with Crippen LogP contribution in [0.4, 0.5) is 0 Å². The maximum atomic E-state index is 11.8. The largest absolute Gasteiger partial charge is 0.504 e. The predicted molar refractivity (Wildman–Crippen MR) is 70.5 cm³/mol. The van der Waals surface area contributed by atoms with Crippen molar-refractivity contribution in [2.24, 2.45) is 0 Å². The van der Waals surface area contributed by atoms with Gasteiger partial charge in [-0.1, -0.05) is 6.07 Å². The third-order valence-corrected chi connectivity index (χ3v) is 3.22. The van der Waals surface area contributed by atoms with Crippen LogP contribution in [0.3, 0.4) is 0 Å². The van der Waals surface area contributed by atoms with Crippen LogP contribution in [0, 0.1) is 0 Å². The molecule has 1 aromatic rings. The number of amides is 1. The van der Waals surface area contributed by atoms with Gasteiger partial charge in [0.2, 0.25) is 0 Å². The summed E-state index contributed by atoms with van der Waals surface area (Å²) < 4.78 is 15.8. The summed E-state index contributed by atoms with van der Waals surface area (Å²) in [7, 11) is 0.569. The number of benzene rings is 1. The maximum Gasteiger partial charge on any atom is 0.255 e. The van der Waals surface area contributed by atoms with E-state index in [1.165, 1.54) is 13.2 Å². The monoisotopic (exact) mass is 271 g/mol. The topological polar surface area (TPSA) is 75.6 Å². The molecule has 0 aliphatic rings. The smallest absolute Gasteiger partial charge is 0.255 e. The minimum Gasteiger partial charge on any atom is -0.504 e. The normalized spacial score (nSPS) is 11.9. The molecule has 1 rings (SSSR count). The van der Waals surface area contributed by atoms with Crippen LogP contribution >= 0.6 is 0 Å². The van der Waals surface area contributed by atoms with E-state index >= 15 is 0 Å². The standard InChI is InChI=1S/C12H17NO4S/c1-17-10-6-3-5-9(11(10)14)12(15)13-7-4-8-18(2)16/h3,5-6,14H,4,7-8H2,1-2H3,(H,13,15). The molecule has 100 valence electrons. The number of para-hydroxylation sites is 1. The van der Waals surface area contributed by atoms with Crippen molar-refractivity contribution in [2.45, 2.75) is 6.42 Å². The average Bonchev–Trinajstić information content (AvgIpc) is 2.34. The van der Waals surface area contributed by atoms with E-state index in [0.29, 0.717) is 18.7 Å². The lowest BCUT2D eigenvalue weighted by Gasteiger charge is -2.09. The number of hydrogen-bond acceptors (Lipinski definition) is 4. The zero-order valence-electron chi connectivity index (χ0n) is 10.4. The number of carbonyl (C=O) groups excluding carboxylic acids is 1. The summed E-state index contributed by atoms with van der Waals surface area (Å²) in [6.45, 7) is 0.426. The number of carbonyl (C=O) groups is 1. The molecule has 18 heavy (non-hydrogen) atoms. The number of nitrogens with one attached hydrogen (secondary N) is 1. The molecule has 0 fully saturated rings. The summed E-state index contributed by atoms with van der Waals surface area (Å²) in [6.07, 6.45) is 2.26. The Balaban J connectivity index is 2.59. The van der Waals surface area contributed by atoms with Crippen LogP contribution in [0.25, 0.3) is 0 Å². The molecule has 1 amide bonds. The van der Waals surface area contributed by atoms with Gasteiger partial charge in [0.1, 0.15) is 0 Å². The van der Waals surface area contributed by atoms with Gasteiger partial charge in [0.25, 0.3) is 5.91 Å². The van der Waals surface area contributed by atoms with Gasteiger partial charge in [0.05, 0.1) is 12.7 Å². The first-order valence-electron chi connectivity index (χ1n) is 5.50. The van der Waals surface area contributed by atoms with E-state index < -0.39 is 10.8 Å². The number of phenols is 1. The molecule has 1 unspecified atom stereocenters. The lowest BCUT2D eigenvalue weighted by molar-refractivity contribution is 0.0950. The second-order valence-corrected chi connectivity index (χ2v) is 5.30. The predicted octanol–water partition coefficient (Wildman–Crippen LogP) is 0.899. The Morgan fingerprint density at radius 3 is 2.83 bits per heavy atom. The molecular formula is C12H17NO4S. The van der Waals surface area contributed by atoms with Crippen LogP contribution in [0.2, 0.25) is 0 Å². The van der Waals surface area contributed by atoms with Crippen LogP contribution in [-0.2, 0) is 10.8 Å². The van der Waals surface area contributed by atoms with E-state index in [0.717, 1.165) is 0 Å². The number of rotatable bonds is 6. The molecule has 0 bridgehead atoms. The van der Waals surface area contributed by atoms with Crippen LogP contribution in [0.15, 0.2) is 18.2 Å². The van der Waals surface area contributed by atoms with E-state index in [4.69, 9.17) is 4.74 Å². The van der Waals surface area contributed by atoms with Gasteiger partial charge < -0.3 is 15.2 Å². The van der Waals surface area contributed by atoms with Gasteiger partial charge in [-0.3, -0.25) is 9.00 Å². The quantitative estimate of drug-likeness (QED) is 0.754. The third kappa shape index (κ3) is 4.03. The van der Waals surface area contributed by atoms with Crippen molar-refractivity contribution in [1.29, 1.82) is 0 Å². The van der Waals surface area contributed by atoms with Gasteiger partial charge in [0, 0.05) is 29.4 Å². The molecule has 2 N–H and O–H groups in total. The summed E-state index contributed by atoms with van der Waals surface area (Å²) in [4.78, 5) is 11.8. The van der Waals surface area contributed by atoms with Gasteiger partial charge in [-0.15, -0.1) is 0 Å². The van der Waals surface area contributed by atoms with Crippen molar-refractivity contribution in [1.82, 2.24) is 5.32 Å². The highest BCUT2D eigenvalue weighted by atomic mass is 32.2. The Morgan fingerprint density at radius 1 is 1.50 bits per heavy atom. The Kier molecular flexibility index (Phi) is 5.64. The highest BCUT2D eigenvalue weighted by Gasteiger charge is 2.13. The first-order valence-corrected chi connectivity index (χ1v) is 7.23. The molecule has 0 aliphatic carbocycles. The van der Waals surface area contributed by atoms with Crippen LogP contribution in [-0.4, -0.2) is 40.9 Å². The first kappa shape index (κ1) is 14.5. The zero-order chi connectivity index (χ0) is 13.5. The van der Waals surface area contributed by atoms with E-state index in [1.54, 1.807) is 18.4 Å².